The number of nitrogens with zero attached hydrogens (tertiary/aromatic N) is 1. The van der Waals surface area contributed by atoms with E-state index >= 15 is 0 Å². The maximum Gasteiger partial charge on any atom is 0.693 e. The van der Waals surface area contributed by atoms with Crippen molar-refractivity contribution in [1.29, 1.82) is 0 Å². The first-order chi connectivity index (χ1) is 6.11. The van der Waals surface area contributed by atoms with Crippen LogP contribution in [-0.2, 0) is 18.9 Å². The lowest BCUT2D eigenvalue weighted by Crippen LogP contribution is -2.41. The molecule has 0 aromatic heterocycles. The predicted molar refractivity (Wildman–Crippen MR) is 44.3 cm³/mol. The summed E-state index contributed by atoms with van der Waals surface area (Å²) in [7, 11) is 0.423. The van der Waals surface area contributed by atoms with Crippen molar-refractivity contribution >= 4 is 19.1 Å². The molecule has 0 saturated carbocycles. The lowest BCUT2D eigenvalue weighted by molar-refractivity contribution is -0.145. The van der Waals surface area contributed by atoms with Crippen molar-refractivity contribution in [2.75, 3.05) is 20.1 Å². The normalized spacial score (nSPS) is 19.5. The van der Waals surface area contributed by atoms with Gasteiger partial charge in [-0.05, 0) is 7.05 Å². The van der Waals surface area contributed by atoms with Crippen molar-refractivity contribution < 1.29 is 18.9 Å². The van der Waals surface area contributed by atoms with Crippen LogP contribution < -0.4 is 0 Å². The van der Waals surface area contributed by atoms with Crippen LogP contribution in [0.5, 0.6) is 0 Å². The molecule has 0 bridgehead atoms. The highest BCUT2D eigenvalue weighted by Crippen LogP contribution is 1.98. The van der Waals surface area contributed by atoms with E-state index in [1.165, 1.54) is 4.90 Å². The Bertz CT molecular complexity index is 252. The molecule has 1 saturated heterocycles. The van der Waals surface area contributed by atoms with E-state index in [0.717, 1.165) is 0 Å². The average molecular weight is 181 g/mol. The fourth-order valence-corrected chi connectivity index (χ4v) is 0.902. The summed E-state index contributed by atoms with van der Waals surface area (Å²) in [6, 6.07) is 0. The van der Waals surface area contributed by atoms with Crippen LogP contribution in [0.4, 0.5) is 0 Å². The third kappa shape index (κ3) is 2.80. The van der Waals surface area contributed by atoms with E-state index in [2.05, 4.69) is 9.31 Å². The van der Waals surface area contributed by atoms with E-state index in [1.807, 2.05) is 5.82 Å². The molecule has 13 heavy (non-hydrogen) atoms. The van der Waals surface area contributed by atoms with Crippen molar-refractivity contribution in [3.05, 3.63) is 0 Å². The molecular formula is C7H8BNO4. The average Bonchev–Trinajstić information content (AvgIpc) is 1.99. The second kappa shape index (κ2) is 3.96. The van der Waals surface area contributed by atoms with E-state index in [-0.39, 0.29) is 13.1 Å². The van der Waals surface area contributed by atoms with Crippen molar-refractivity contribution in [3.63, 3.8) is 0 Å². The molecule has 0 amide bonds. The summed E-state index contributed by atoms with van der Waals surface area (Å²) >= 11 is 0. The van der Waals surface area contributed by atoms with Crippen LogP contribution in [0.15, 0.2) is 0 Å². The molecule has 68 valence electrons. The standard InChI is InChI=1S/C7H8BNO4/c1-3-8-12-6(10)4-9(2)5-7(11)13-8/h1H,4-5H2,2H3. The topological polar surface area (TPSA) is 55.8 Å². The van der Waals surface area contributed by atoms with Crippen molar-refractivity contribution in [2.24, 2.45) is 0 Å². The number of rotatable bonds is 0. The largest absolute Gasteiger partial charge is 0.693 e. The third-order valence-corrected chi connectivity index (χ3v) is 1.41. The summed E-state index contributed by atoms with van der Waals surface area (Å²) in [4.78, 5) is 23.4. The molecule has 0 N–H and O–H groups in total. The van der Waals surface area contributed by atoms with E-state index in [1.54, 1.807) is 7.05 Å². The van der Waals surface area contributed by atoms with E-state index in [4.69, 9.17) is 6.42 Å². The molecular weight excluding hydrogens is 173 g/mol. The maximum absolute atomic E-state index is 11.0. The van der Waals surface area contributed by atoms with Crippen LogP contribution in [0.3, 0.4) is 0 Å². The molecule has 0 unspecified atom stereocenters. The minimum Gasteiger partial charge on any atom is -0.487 e. The lowest BCUT2D eigenvalue weighted by atomic mass is 9.92. The zero-order valence-electron chi connectivity index (χ0n) is 7.15. The third-order valence-electron chi connectivity index (χ3n) is 1.41. The second-order valence-corrected chi connectivity index (χ2v) is 2.65. The minimum absolute atomic E-state index is 0.0350. The number of hydrogen-bond donors (Lipinski definition) is 0. The van der Waals surface area contributed by atoms with Crippen LogP contribution in [0.2, 0.25) is 0 Å². The molecule has 0 aromatic rings. The molecule has 1 aliphatic heterocycles. The van der Waals surface area contributed by atoms with Crippen molar-refractivity contribution in [2.45, 2.75) is 0 Å². The summed E-state index contributed by atoms with van der Waals surface area (Å²) in [6.07, 6.45) is 4.96. The van der Waals surface area contributed by atoms with Gasteiger partial charge in [0.1, 0.15) is 0 Å². The van der Waals surface area contributed by atoms with Gasteiger partial charge in [0.15, 0.2) is 0 Å². The van der Waals surface area contributed by atoms with Crippen LogP contribution >= 0.6 is 0 Å². The summed E-state index contributed by atoms with van der Waals surface area (Å²) in [6.45, 7) is 0.0700. The van der Waals surface area contributed by atoms with Gasteiger partial charge in [-0.1, -0.05) is 5.82 Å². The molecule has 0 spiro atoms. The van der Waals surface area contributed by atoms with Gasteiger partial charge in [-0.2, -0.15) is 0 Å². The van der Waals surface area contributed by atoms with Crippen molar-refractivity contribution in [1.82, 2.24) is 4.90 Å². The monoisotopic (exact) mass is 181 g/mol. The van der Waals surface area contributed by atoms with Gasteiger partial charge in [0.05, 0.1) is 13.1 Å². The highest BCUT2D eigenvalue weighted by Gasteiger charge is 2.29. The van der Waals surface area contributed by atoms with Gasteiger partial charge in [-0.3, -0.25) is 14.5 Å². The smallest absolute Gasteiger partial charge is 0.487 e. The number of carbonyl (C=O) groups is 2. The van der Waals surface area contributed by atoms with E-state index in [0.29, 0.717) is 0 Å². The summed E-state index contributed by atoms with van der Waals surface area (Å²) in [5, 5.41) is 0. The molecule has 0 atom stereocenters. The number of likely N-dealkylation sites (N-methyl/N-ethyl adjacent to an activating group) is 1. The minimum atomic E-state index is -1.19. The van der Waals surface area contributed by atoms with Gasteiger partial charge in [0.2, 0.25) is 0 Å². The Hall–Kier alpha value is -1.48. The molecule has 5 nitrogen and oxygen atoms in total. The van der Waals surface area contributed by atoms with Crippen molar-refractivity contribution in [3.8, 4) is 12.2 Å². The Labute approximate surface area is 76.1 Å². The first-order valence-corrected chi connectivity index (χ1v) is 3.65. The quantitative estimate of drug-likeness (QED) is 0.342. The summed E-state index contributed by atoms with van der Waals surface area (Å²) < 4.78 is 9.24. The molecule has 1 aliphatic rings. The number of carbonyl (C=O) groups excluding carboxylic acids is 2. The fraction of sp³-hybridized carbons (Fsp3) is 0.429. The van der Waals surface area contributed by atoms with Gasteiger partial charge in [-0.25, -0.2) is 0 Å². The molecule has 6 heteroatoms. The Morgan fingerprint density at radius 1 is 1.38 bits per heavy atom. The Kier molecular flexibility index (Phi) is 2.93. The van der Waals surface area contributed by atoms with Crippen LogP contribution in [-0.4, -0.2) is 44.1 Å². The van der Waals surface area contributed by atoms with Gasteiger partial charge in [0.25, 0.3) is 0 Å². The van der Waals surface area contributed by atoms with Crippen LogP contribution in [0.25, 0.3) is 0 Å². The molecule has 0 aliphatic carbocycles. The second-order valence-electron chi connectivity index (χ2n) is 2.65. The molecule has 1 rings (SSSR count). The van der Waals surface area contributed by atoms with Gasteiger partial charge < -0.3 is 9.31 Å². The Morgan fingerprint density at radius 3 is 2.23 bits per heavy atom. The lowest BCUT2D eigenvalue weighted by Gasteiger charge is -2.19. The first-order valence-electron chi connectivity index (χ1n) is 3.65. The van der Waals surface area contributed by atoms with E-state index in [9.17, 15) is 9.59 Å². The number of hydrogen-bond acceptors (Lipinski definition) is 5. The zero-order valence-corrected chi connectivity index (χ0v) is 7.15. The molecule has 0 aromatic carbocycles. The predicted octanol–water partition coefficient (Wildman–Crippen LogP) is -1.32. The molecule has 1 fully saturated rings. The van der Waals surface area contributed by atoms with Gasteiger partial charge in [0, 0.05) is 0 Å². The van der Waals surface area contributed by atoms with Crippen LogP contribution in [0, 0.1) is 12.2 Å². The Balaban J connectivity index is 2.65. The highest BCUT2D eigenvalue weighted by atomic mass is 16.6. The van der Waals surface area contributed by atoms with Gasteiger partial charge >= 0.3 is 19.1 Å². The zero-order chi connectivity index (χ0) is 9.84. The summed E-state index contributed by atoms with van der Waals surface area (Å²) in [5.74, 6) is 1.04. The molecule has 1 heterocycles. The van der Waals surface area contributed by atoms with Crippen LogP contribution in [0.1, 0.15) is 0 Å². The SMILES string of the molecule is C#CB1OC(=O)CN(C)CC(=O)O1. The summed E-state index contributed by atoms with van der Waals surface area (Å²) in [5.41, 5.74) is 0. The Morgan fingerprint density at radius 2 is 1.85 bits per heavy atom. The van der Waals surface area contributed by atoms with Gasteiger partial charge in [-0.15, -0.1) is 6.42 Å². The maximum atomic E-state index is 11.0. The molecule has 0 radical (unpaired) electrons. The van der Waals surface area contributed by atoms with E-state index < -0.39 is 19.1 Å². The fourth-order valence-electron chi connectivity index (χ4n) is 0.902. The first kappa shape index (κ1) is 9.61. The highest BCUT2D eigenvalue weighted by molar-refractivity contribution is 6.58. The number of terminal acetylenes is 1.